The molecular formula is C27H27FN2O4. The molecule has 176 valence electrons. The Morgan fingerprint density at radius 2 is 1.91 bits per heavy atom. The Labute approximate surface area is 197 Å². The fourth-order valence-corrected chi connectivity index (χ4v) is 5.38. The summed E-state index contributed by atoms with van der Waals surface area (Å²) in [5.41, 5.74) is 1.34. The molecule has 1 saturated heterocycles. The van der Waals surface area contributed by atoms with E-state index in [0.29, 0.717) is 25.7 Å². The Kier molecular flexibility index (Phi) is 5.81. The number of benzene rings is 2. The van der Waals surface area contributed by atoms with Gasteiger partial charge in [-0.3, -0.25) is 9.78 Å². The Hall–Kier alpha value is -3.32. The van der Waals surface area contributed by atoms with Crippen LogP contribution in [0, 0.1) is 11.7 Å². The number of pyridine rings is 1. The van der Waals surface area contributed by atoms with Gasteiger partial charge in [0, 0.05) is 11.6 Å². The second kappa shape index (κ2) is 8.80. The maximum atomic E-state index is 13.9. The van der Waals surface area contributed by atoms with Crippen molar-refractivity contribution in [3.63, 3.8) is 0 Å². The third-order valence-corrected chi connectivity index (χ3v) is 7.50. The number of imide groups is 1. The maximum Gasteiger partial charge on any atom is 0.417 e. The predicted octanol–water partition coefficient (Wildman–Crippen LogP) is 5.12. The minimum absolute atomic E-state index is 0.105. The highest BCUT2D eigenvalue weighted by molar-refractivity contribution is 5.95. The molecule has 1 aliphatic carbocycles. The Morgan fingerprint density at radius 1 is 1.18 bits per heavy atom. The molecule has 6 nitrogen and oxygen atoms in total. The van der Waals surface area contributed by atoms with Crippen molar-refractivity contribution in [2.24, 2.45) is 5.92 Å². The lowest BCUT2D eigenvalue weighted by Crippen LogP contribution is -2.49. The van der Waals surface area contributed by atoms with Crippen molar-refractivity contribution < 1.29 is 23.8 Å². The molecule has 0 bridgehead atoms. The summed E-state index contributed by atoms with van der Waals surface area (Å²) < 4.78 is 19.1. The van der Waals surface area contributed by atoms with Gasteiger partial charge in [0.25, 0.3) is 0 Å². The summed E-state index contributed by atoms with van der Waals surface area (Å²) in [5, 5.41) is 12.2. The topological polar surface area (TPSA) is 79.7 Å². The molecule has 1 saturated carbocycles. The van der Waals surface area contributed by atoms with Gasteiger partial charge < -0.3 is 9.84 Å². The summed E-state index contributed by atoms with van der Waals surface area (Å²) in [4.78, 5) is 31.4. The zero-order valence-electron chi connectivity index (χ0n) is 19.0. The van der Waals surface area contributed by atoms with E-state index < -0.39 is 29.6 Å². The number of carbonyl (C=O) groups excluding carboxylic acids is 2. The number of hydrogen-bond acceptors (Lipinski definition) is 5. The molecule has 2 fully saturated rings. The highest BCUT2D eigenvalue weighted by atomic mass is 19.1. The number of amides is 2. The monoisotopic (exact) mass is 462 g/mol. The maximum absolute atomic E-state index is 13.9. The average molecular weight is 463 g/mol. The molecule has 2 atom stereocenters. The van der Waals surface area contributed by atoms with Gasteiger partial charge in [-0.15, -0.1) is 0 Å². The van der Waals surface area contributed by atoms with Crippen molar-refractivity contribution in [3.05, 3.63) is 77.7 Å². The van der Waals surface area contributed by atoms with Crippen molar-refractivity contribution in [2.75, 3.05) is 6.61 Å². The van der Waals surface area contributed by atoms with Gasteiger partial charge in [-0.25, -0.2) is 14.1 Å². The van der Waals surface area contributed by atoms with Gasteiger partial charge in [0.15, 0.2) is 0 Å². The Morgan fingerprint density at radius 3 is 2.65 bits per heavy atom. The fourth-order valence-electron chi connectivity index (χ4n) is 5.38. The van der Waals surface area contributed by atoms with E-state index in [4.69, 9.17) is 4.74 Å². The van der Waals surface area contributed by atoms with E-state index in [-0.39, 0.29) is 18.3 Å². The zero-order valence-corrected chi connectivity index (χ0v) is 19.0. The SMILES string of the molecule is C[C@@H](C(=O)N1C(=O)OC[C@H]1c1ccccc1)C1(O)CCC(c2ccnc3ccc(F)cc23)CC1. The minimum Gasteiger partial charge on any atom is -0.446 e. The summed E-state index contributed by atoms with van der Waals surface area (Å²) in [6.45, 7) is 1.79. The summed E-state index contributed by atoms with van der Waals surface area (Å²) in [7, 11) is 0. The number of fused-ring (bicyclic) bond motifs is 1. The molecule has 34 heavy (non-hydrogen) atoms. The number of halogens is 1. The summed E-state index contributed by atoms with van der Waals surface area (Å²) in [6.07, 6.45) is 3.16. The van der Waals surface area contributed by atoms with Gasteiger partial charge in [-0.2, -0.15) is 0 Å². The third-order valence-electron chi connectivity index (χ3n) is 7.50. The van der Waals surface area contributed by atoms with Crippen molar-refractivity contribution >= 4 is 22.9 Å². The van der Waals surface area contributed by atoms with Crippen LogP contribution in [0.4, 0.5) is 9.18 Å². The molecule has 5 rings (SSSR count). The molecule has 0 spiro atoms. The second-order valence-corrected chi connectivity index (χ2v) is 9.37. The highest BCUT2D eigenvalue weighted by Gasteiger charge is 2.48. The molecule has 2 aliphatic rings. The molecule has 0 unspecified atom stereocenters. The zero-order chi connectivity index (χ0) is 23.9. The number of cyclic esters (lactones) is 1. The van der Waals surface area contributed by atoms with Gasteiger partial charge in [0.2, 0.25) is 5.91 Å². The largest absolute Gasteiger partial charge is 0.446 e. The molecule has 1 aliphatic heterocycles. The smallest absolute Gasteiger partial charge is 0.417 e. The number of carbonyl (C=O) groups is 2. The first kappa shape index (κ1) is 22.5. The van der Waals surface area contributed by atoms with Crippen molar-refractivity contribution in [1.29, 1.82) is 0 Å². The van der Waals surface area contributed by atoms with E-state index >= 15 is 0 Å². The predicted molar refractivity (Wildman–Crippen MR) is 124 cm³/mol. The van der Waals surface area contributed by atoms with Gasteiger partial charge in [0.05, 0.1) is 17.0 Å². The molecule has 1 N–H and O–H groups in total. The van der Waals surface area contributed by atoms with Crippen LogP contribution in [0.5, 0.6) is 0 Å². The summed E-state index contributed by atoms with van der Waals surface area (Å²) in [5.74, 6) is -1.37. The lowest BCUT2D eigenvalue weighted by molar-refractivity contribution is -0.145. The number of hydrogen-bond donors (Lipinski definition) is 1. The van der Waals surface area contributed by atoms with Crippen LogP contribution in [0.2, 0.25) is 0 Å². The van der Waals surface area contributed by atoms with Crippen LogP contribution in [0.25, 0.3) is 10.9 Å². The second-order valence-electron chi connectivity index (χ2n) is 9.37. The molecule has 0 radical (unpaired) electrons. The van der Waals surface area contributed by atoms with E-state index in [1.54, 1.807) is 19.2 Å². The highest BCUT2D eigenvalue weighted by Crippen LogP contribution is 2.44. The number of aliphatic hydroxyl groups is 1. The van der Waals surface area contributed by atoms with E-state index in [2.05, 4.69) is 4.98 Å². The lowest BCUT2D eigenvalue weighted by atomic mass is 9.70. The molecular weight excluding hydrogens is 435 g/mol. The van der Waals surface area contributed by atoms with Crippen LogP contribution in [-0.4, -0.2) is 39.2 Å². The number of rotatable bonds is 4. The summed E-state index contributed by atoms with van der Waals surface area (Å²) in [6, 6.07) is 15.3. The molecule has 1 aromatic heterocycles. The quantitative estimate of drug-likeness (QED) is 0.582. The molecule has 3 aromatic rings. The van der Waals surface area contributed by atoms with E-state index in [1.807, 2.05) is 36.4 Å². The Bertz CT molecular complexity index is 1220. The van der Waals surface area contributed by atoms with Crippen LogP contribution >= 0.6 is 0 Å². The van der Waals surface area contributed by atoms with Crippen LogP contribution in [-0.2, 0) is 9.53 Å². The number of ether oxygens (including phenoxy) is 1. The van der Waals surface area contributed by atoms with E-state index in [1.165, 1.54) is 12.1 Å². The molecule has 7 heteroatoms. The normalized spacial score (nSPS) is 25.9. The van der Waals surface area contributed by atoms with Crippen molar-refractivity contribution in [3.8, 4) is 0 Å². The van der Waals surface area contributed by atoms with Crippen LogP contribution in [0.1, 0.15) is 55.7 Å². The van der Waals surface area contributed by atoms with E-state index in [9.17, 15) is 19.1 Å². The van der Waals surface area contributed by atoms with Gasteiger partial charge in [0.1, 0.15) is 18.5 Å². The lowest BCUT2D eigenvalue weighted by Gasteiger charge is -2.41. The molecule has 2 amide bonds. The number of aromatic nitrogens is 1. The first-order chi connectivity index (χ1) is 16.4. The first-order valence-electron chi connectivity index (χ1n) is 11.7. The standard InChI is InChI=1S/C27H27FN2O4/c1-17(25(31)30-24(16-34-26(30)32)19-5-3-2-4-6-19)27(33)12-9-18(10-13-27)21-11-14-29-23-8-7-20(28)15-22(21)23/h2-8,11,14-15,17-18,24,33H,9-10,12-13,16H2,1H3/t17-,18?,24-,27?/m0/s1. The molecule has 2 heterocycles. The minimum atomic E-state index is -1.23. The molecule has 2 aromatic carbocycles. The first-order valence-corrected chi connectivity index (χ1v) is 11.7. The van der Waals surface area contributed by atoms with Gasteiger partial charge >= 0.3 is 6.09 Å². The van der Waals surface area contributed by atoms with Gasteiger partial charge in [-0.1, -0.05) is 37.3 Å². The van der Waals surface area contributed by atoms with E-state index in [0.717, 1.165) is 26.9 Å². The van der Waals surface area contributed by atoms with Crippen molar-refractivity contribution in [2.45, 2.75) is 50.2 Å². The third kappa shape index (κ3) is 3.94. The van der Waals surface area contributed by atoms with Gasteiger partial charge in [-0.05, 0) is 67.0 Å². The van der Waals surface area contributed by atoms with Crippen LogP contribution < -0.4 is 0 Å². The van der Waals surface area contributed by atoms with Crippen LogP contribution in [0.15, 0.2) is 60.8 Å². The number of nitrogens with zero attached hydrogens (tertiary/aromatic N) is 2. The summed E-state index contributed by atoms with van der Waals surface area (Å²) >= 11 is 0. The Balaban J connectivity index is 1.33. The fraction of sp³-hybridized carbons (Fsp3) is 0.370. The van der Waals surface area contributed by atoms with Crippen LogP contribution in [0.3, 0.4) is 0 Å². The average Bonchev–Trinajstić information content (AvgIpc) is 3.25. The van der Waals surface area contributed by atoms with Crippen molar-refractivity contribution in [1.82, 2.24) is 9.88 Å².